The molecule has 148 valence electrons. The van der Waals surface area contributed by atoms with Gasteiger partial charge in [0.25, 0.3) is 5.91 Å². The van der Waals surface area contributed by atoms with Gasteiger partial charge in [-0.2, -0.15) is 0 Å². The average molecular weight is 394 g/mol. The highest BCUT2D eigenvalue weighted by atomic mass is 19.1. The van der Waals surface area contributed by atoms with Crippen molar-refractivity contribution in [2.75, 3.05) is 12.4 Å². The summed E-state index contributed by atoms with van der Waals surface area (Å²) in [5.41, 5.74) is 1.96. The standard InChI is InChI=1S/C21H19FN4O3/c1-13-24-18(20(27)23-12-14-6-8-16(22)9-7-14)11-19(25-13)26-17-5-3-4-15(10-17)21(28)29-2/h3-11H,12H2,1-2H3,(H,23,27)(H,24,25,26). The third-order valence-electron chi connectivity index (χ3n) is 3.99. The van der Waals surface area contributed by atoms with Crippen molar-refractivity contribution < 1.29 is 18.7 Å². The molecule has 3 aromatic rings. The maximum absolute atomic E-state index is 13.0. The number of carbonyl (C=O) groups excluding carboxylic acids is 2. The van der Waals surface area contributed by atoms with E-state index in [9.17, 15) is 14.0 Å². The molecule has 2 N–H and O–H groups in total. The zero-order valence-corrected chi connectivity index (χ0v) is 15.9. The van der Waals surface area contributed by atoms with Gasteiger partial charge >= 0.3 is 5.97 Å². The Labute approximate surface area is 167 Å². The van der Waals surface area contributed by atoms with Crippen LogP contribution in [0.25, 0.3) is 0 Å². The lowest BCUT2D eigenvalue weighted by Gasteiger charge is -2.10. The SMILES string of the molecule is COC(=O)c1cccc(Nc2cc(C(=O)NCc3ccc(F)cc3)nc(C)n2)c1. The molecule has 3 rings (SSSR count). The molecule has 0 atom stereocenters. The summed E-state index contributed by atoms with van der Waals surface area (Å²) in [6.45, 7) is 1.92. The third kappa shape index (κ3) is 5.35. The first kappa shape index (κ1) is 19.9. The van der Waals surface area contributed by atoms with Gasteiger partial charge in [-0.05, 0) is 42.8 Å². The smallest absolute Gasteiger partial charge is 0.337 e. The third-order valence-corrected chi connectivity index (χ3v) is 3.99. The molecule has 0 unspecified atom stereocenters. The highest BCUT2D eigenvalue weighted by molar-refractivity contribution is 5.93. The van der Waals surface area contributed by atoms with E-state index < -0.39 is 5.97 Å². The van der Waals surface area contributed by atoms with Crippen LogP contribution in [-0.2, 0) is 11.3 Å². The van der Waals surface area contributed by atoms with Crippen LogP contribution in [0.3, 0.4) is 0 Å². The predicted molar refractivity (Wildman–Crippen MR) is 105 cm³/mol. The zero-order valence-electron chi connectivity index (χ0n) is 15.9. The number of hydrogen-bond donors (Lipinski definition) is 2. The highest BCUT2D eigenvalue weighted by Crippen LogP contribution is 2.17. The zero-order chi connectivity index (χ0) is 20.8. The van der Waals surface area contributed by atoms with Crippen LogP contribution < -0.4 is 10.6 Å². The van der Waals surface area contributed by atoms with E-state index in [0.717, 1.165) is 5.56 Å². The largest absolute Gasteiger partial charge is 0.465 e. The molecular weight excluding hydrogens is 375 g/mol. The van der Waals surface area contributed by atoms with Crippen LogP contribution in [0.2, 0.25) is 0 Å². The Morgan fingerprint density at radius 2 is 1.83 bits per heavy atom. The van der Waals surface area contributed by atoms with Gasteiger partial charge in [0.1, 0.15) is 23.2 Å². The van der Waals surface area contributed by atoms with Crippen LogP contribution in [0.5, 0.6) is 0 Å². The van der Waals surface area contributed by atoms with Gasteiger partial charge < -0.3 is 15.4 Å². The quantitative estimate of drug-likeness (QED) is 0.623. The normalized spacial score (nSPS) is 10.3. The Balaban J connectivity index is 1.73. The maximum Gasteiger partial charge on any atom is 0.337 e. The molecule has 0 saturated heterocycles. The van der Waals surface area contributed by atoms with Crippen molar-refractivity contribution in [1.82, 2.24) is 15.3 Å². The summed E-state index contributed by atoms with van der Waals surface area (Å²) in [5.74, 6) is -0.351. The van der Waals surface area contributed by atoms with Crippen LogP contribution in [0.1, 0.15) is 32.2 Å². The van der Waals surface area contributed by atoms with Crippen molar-refractivity contribution in [2.24, 2.45) is 0 Å². The van der Waals surface area contributed by atoms with Crippen LogP contribution >= 0.6 is 0 Å². The molecule has 0 fully saturated rings. The molecule has 29 heavy (non-hydrogen) atoms. The first-order valence-electron chi connectivity index (χ1n) is 8.78. The first-order valence-corrected chi connectivity index (χ1v) is 8.78. The van der Waals surface area contributed by atoms with E-state index >= 15 is 0 Å². The lowest BCUT2D eigenvalue weighted by Crippen LogP contribution is -2.24. The fourth-order valence-electron chi connectivity index (χ4n) is 2.61. The van der Waals surface area contributed by atoms with E-state index in [0.29, 0.717) is 22.9 Å². The minimum Gasteiger partial charge on any atom is -0.465 e. The number of aromatic nitrogens is 2. The number of ether oxygens (including phenoxy) is 1. The minimum absolute atomic E-state index is 0.186. The van der Waals surface area contributed by atoms with Gasteiger partial charge in [0, 0.05) is 18.3 Å². The van der Waals surface area contributed by atoms with E-state index in [2.05, 4.69) is 20.6 Å². The number of nitrogens with zero attached hydrogens (tertiary/aromatic N) is 2. The van der Waals surface area contributed by atoms with Crippen LogP contribution in [-0.4, -0.2) is 29.0 Å². The van der Waals surface area contributed by atoms with Crippen LogP contribution in [0, 0.1) is 12.7 Å². The number of benzene rings is 2. The number of aryl methyl sites for hydroxylation is 1. The van der Waals surface area contributed by atoms with Crippen molar-refractivity contribution in [3.8, 4) is 0 Å². The molecule has 7 nitrogen and oxygen atoms in total. The molecule has 0 spiro atoms. The number of rotatable bonds is 6. The van der Waals surface area contributed by atoms with Crippen LogP contribution in [0.4, 0.5) is 15.9 Å². The second kappa shape index (κ2) is 8.92. The van der Waals surface area contributed by atoms with Gasteiger partial charge in [0.2, 0.25) is 0 Å². The number of carbonyl (C=O) groups is 2. The Morgan fingerprint density at radius 3 is 2.55 bits per heavy atom. The van der Waals surface area contributed by atoms with Gasteiger partial charge in [0.05, 0.1) is 12.7 Å². The number of halogens is 1. The van der Waals surface area contributed by atoms with Crippen molar-refractivity contribution >= 4 is 23.4 Å². The summed E-state index contributed by atoms with van der Waals surface area (Å²) >= 11 is 0. The number of hydrogen-bond acceptors (Lipinski definition) is 6. The topological polar surface area (TPSA) is 93.2 Å². The summed E-state index contributed by atoms with van der Waals surface area (Å²) < 4.78 is 17.7. The molecule has 0 aliphatic heterocycles. The molecule has 0 saturated carbocycles. The lowest BCUT2D eigenvalue weighted by atomic mass is 10.2. The first-order chi connectivity index (χ1) is 13.9. The molecule has 0 radical (unpaired) electrons. The molecular formula is C21H19FN4O3. The van der Waals surface area contributed by atoms with E-state index in [1.165, 1.54) is 25.3 Å². The Kier molecular flexibility index (Phi) is 6.13. The van der Waals surface area contributed by atoms with Crippen molar-refractivity contribution in [1.29, 1.82) is 0 Å². The Hall–Kier alpha value is -3.81. The minimum atomic E-state index is -0.451. The van der Waals surface area contributed by atoms with Gasteiger partial charge in [-0.25, -0.2) is 19.2 Å². The predicted octanol–water partition coefficient (Wildman–Crippen LogP) is 3.38. The monoisotopic (exact) mass is 394 g/mol. The summed E-state index contributed by atoms with van der Waals surface area (Å²) in [6.07, 6.45) is 0. The molecule has 1 aromatic heterocycles. The highest BCUT2D eigenvalue weighted by Gasteiger charge is 2.12. The van der Waals surface area contributed by atoms with Gasteiger partial charge in [-0.3, -0.25) is 4.79 Å². The number of methoxy groups -OCH3 is 1. The fraction of sp³-hybridized carbons (Fsp3) is 0.143. The number of nitrogens with one attached hydrogen (secondary N) is 2. The van der Waals surface area contributed by atoms with Gasteiger partial charge in [-0.15, -0.1) is 0 Å². The molecule has 0 bridgehead atoms. The maximum atomic E-state index is 13.0. The molecule has 8 heteroatoms. The van der Waals surface area contributed by atoms with Crippen molar-refractivity contribution in [2.45, 2.75) is 13.5 Å². The number of amides is 1. The summed E-state index contributed by atoms with van der Waals surface area (Å²) in [7, 11) is 1.31. The van der Waals surface area contributed by atoms with Crippen molar-refractivity contribution in [3.05, 3.63) is 83.1 Å². The van der Waals surface area contributed by atoms with E-state index in [4.69, 9.17) is 4.74 Å². The van der Waals surface area contributed by atoms with E-state index in [-0.39, 0.29) is 24.0 Å². The average Bonchev–Trinajstić information content (AvgIpc) is 2.72. The summed E-state index contributed by atoms with van der Waals surface area (Å²) in [4.78, 5) is 32.6. The molecule has 0 aliphatic carbocycles. The summed E-state index contributed by atoms with van der Waals surface area (Å²) in [5, 5.41) is 5.80. The molecule has 1 heterocycles. The lowest BCUT2D eigenvalue weighted by molar-refractivity contribution is 0.0600. The number of esters is 1. The Bertz CT molecular complexity index is 1040. The molecule has 1 amide bonds. The second-order valence-corrected chi connectivity index (χ2v) is 6.19. The molecule has 2 aromatic carbocycles. The van der Waals surface area contributed by atoms with Crippen molar-refractivity contribution in [3.63, 3.8) is 0 Å². The van der Waals surface area contributed by atoms with Gasteiger partial charge in [0.15, 0.2) is 0 Å². The second-order valence-electron chi connectivity index (χ2n) is 6.19. The molecule has 0 aliphatic rings. The van der Waals surface area contributed by atoms with Gasteiger partial charge in [-0.1, -0.05) is 18.2 Å². The summed E-state index contributed by atoms with van der Waals surface area (Å²) in [6, 6.07) is 14.1. The van der Waals surface area contributed by atoms with E-state index in [1.54, 1.807) is 43.3 Å². The van der Waals surface area contributed by atoms with E-state index in [1.807, 2.05) is 0 Å². The fourth-order valence-corrected chi connectivity index (χ4v) is 2.61. The van der Waals surface area contributed by atoms with Crippen LogP contribution in [0.15, 0.2) is 54.6 Å². The number of anilines is 2. The Morgan fingerprint density at radius 1 is 1.07 bits per heavy atom.